The van der Waals surface area contributed by atoms with Crippen molar-refractivity contribution in [1.82, 2.24) is 34.6 Å². The molecule has 5 rings (SSSR count). The first-order chi connectivity index (χ1) is 20.3. The molecule has 0 spiro atoms. The van der Waals surface area contributed by atoms with Gasteiger partial charge < -0.3 is 25.7 Å². The van der Waals surface area contributed by atoms with Crippen molar-refractivity contribution in [3.63, 3.8) is 0 Å². The van der Waals surface area contributed by atoms with Crippen LogP contribution in [0.1, 0.15) is 34.1 Å². The third-order valence-electron chi connectivity index (χ3n) is 7.22. The number of methoxy groups -OCH3 is 1. The number of aryl methyl sites for hydroxylation is 2. The molecule has 4 aromatic rings. The molecule has 220 valence electrons. The Morgan fingerprint density at radius 1 is 1.05 bits per heavy atom. The SMILES string of the molecule is COC(C)Cc1cncc(NC(=O)c2ccc(C)c(Nc3cc(C)nn3-c3cc(NN4CCN(C)CC4)ncn3)c2)c1. The number of pyridine rings is 1. The number of piperazine rings is 1. The Balaban J connectivity index is 1.32. The number of hydrogen-bond acceptors (Lipinski definition) is 10. The van der Waals surface area contributed by atoms with Gasteiger partial charge in [0.2, 0.25) is 0 Å². The van der Waals surface area contributed by atoms with E-state index in [2.05, 4.69) is 53.1 Å². The number of rotatable bonds is 10. The fourth-order valence-electron chi connectivity index (χ4n) is 4.69. The summed E-state index contributed by atoms with van der Waals surface area (Å²) in [6.45, 7) is 9.71. The first-order valence-corrected chi connectivity index (χ1v) is 14.0. The van der Waals surface area contributed by atoms with Gasteiger partial charge in [0.25, 0.3) is 5.91 Å². The van der Waals surface area contributed by atoms with E-state index in [1.807, 2.05) is 57.2 Å². The highest BCUT2D eigenvalue weighted by Crippen LogP contribution is 2.26. The minimum Gasteiger partial charge on any atom is -0.381 e. The summed E-state index contributed by atoms with van der Waals surface area (Å²) in [5.41, 5.74) is 8.12. The molecule has 0 aliphatic carbocycles. The number of carbonyl (C=O) groups is 1. The summed E-state index contributed by atoms with van der Waals surface area (Å²) in [4.78, 5) is 28.7. The van der Waals surface area contributed by atoms with Gasteiger partial charge in [-0.1, -0.05) is 6.07 Å². The average Bonchev–Trinajstić information content (AvgIpc) is 3.35. The van der Waals surface area contributed by atoms with E-state index in [0.29, 0.717) is 29.3 Å². The molecule has 1 amide bonds. The van der Waals surface area contributed by atoms with Gasteiger partial charge in [0.1, 0.15) is 18.0 Å². The minimum absolute atomic E-state index is 0.0581. The number of aromatic nitrogens is 5. The van der Waals surface area contributed by atoms with Crippen LogP contribution in [0.3, 0.4) is 0 Å². The van der Waals surface area contributed by atoms with Crippen LogP contribution in [0.5, 0.6) is 0 Å². The molecule has 12 nitrogen and oxygen atoms in total. The molecule has 3 N–H and O–H groups in total. The van der Waals surface area contributed by atoms with E-state index in [0.717, 1.165) is 54.5 Å². The Hall–Kier alpha value is -4.39. The van der Waals surface area contributed by atoms with Crippen molar-refractivity contribution in [2.24, 2.45) is 0 Å². The second kappa shape index (κ2) is 13.1. The molecule has 1 fully saturated rings. The lowest BCUT2D eigenvalue weighted by molar-refractivity contribution is 0.102. The van der Waals surface area contributed by atoms with Crippen LogP contribution in [0.2, 0.25) is 0 Å². The number of amides is 1. The Bertz CT molecular complexity index is 1530. The first-order valence-electron chi connectivity index (χ1n) is 14.0. The molecule has 3 aromatic heterocycles. The molecule has 1 aliphatic rings. The Labute approximate surface area is 246 Å². The van der Waals surface area contributed by atoms with Crippen LogP contribution >= 0.6 is 0 Å². The van der Waals surface area contributed by atoms with Gasteiger partial charge in [-0.2, -0.15) is 9.78 Å². The molecule has 1 unspecified atom stereocenters. The van der Waals surface area contributed by atoms with Crippen molar-refractivity contribution in [3.8, 4) is 5.82 Å². The molecule has 42 heavy (non-hydrogen) atoms. The normalized spacial score (nSPS) is 14.9. The van der Waals surface area contributed by atoms with E-state index >= 15 is 0 Å². The number of likely N-dealkylation sites (N-methyl/N-ethyl adjacent to an activating group) is 1. The summed E-state index contributed by atoms with van der Waals surface area (Å²) >= 11 is 0. The third-order valence-corrected chi connectivity index (χ3v) is 7.22. The lowest BCUT2D eigenvalue weighted by Gasteiger charge is -2.32. The lowest BCUT2D eigenvalue weighted by atomic mass is 10.1. The zero-order valence-corrected chi connectivity index (χ0v) is 24.8. The molecular weight excluding hydrogens is 532 g/mol. The third kappa shape index (κ3) is 7.27. The topological polar surface area (TPSA) is 125 Å². The van der Waals surface area contributed by atoms with Crippen LogP contribution < -0.4 is 16.1 Å². The maximum atomic E-state index is 13.2. The van der Waals surface area contributed by atoms with E-state index in [4.69, 9.17) is 4.74 Å². The van der Waals surface area contributed by atoms with Gasteiger partial charge in [-0.15, -0.1) is 0 Å². The number of hydrogen-bond donors (Lipinski definition) is 3. The molecule has 1 aromatic carbocycles. The van der Waals surface area contributed by atoms with E-state index < -0.39 is 0 Å². The molecule has 1 aliphatic heterocycles. The smallest absolute Gasteiger partial charge is 0.255 e. The number of benzene rings is 1. The number of carbonyl (C=O) groups excluding carboxylic acids is 1. The van der Waals surface area contributed by atoms with Crippen LogP contribution in [0.4, 0.5) is 23.0 Å². The van der Waals surface area contributed by atoms with Crippen molar-refractivity contribution >= 4 is 28.9 Å². The lowest BCUT2D eigenvalue weighted by Crippen LogP contribution is -2.47. The van der Waals surface area contributed by atoms with Crippen LogP contribution in [0.25, 0.3) is 5.82 Å². The quantitative estimate of drug-likeness (QED) is 0.259. The molecule has 12 heteroatoms. The standard InChI is InChI=1S/C30H38N10O2/c1-20-6-7-24(30(41)34-25-14-23(17-31-18-25)13-22(3)42-5)15-26(20)35-29-12-21(2)36-40(29)28-16-27(32-19-33-28)37-39-10-8-38(4)9-11-39/h6-7,12,14-19,22,35H,8-11,13H2,1-5H3,(H,34,41)(H,32,33,37). The Morgan fingerprint density at radius 2 is 1.86 bits per heavy atom. The Kier molecular flexibility index (Phi) is 9.06. The van der Waals surface area contributed by atoms with Gasteiger partial charge in [0, 0.05) is 62.9 Å². The van der Waals surface area contributed by atoms with E-state index in [-0.39, 0.29) is 12.0 Å². The van der Waals surface area contributed by atoms with E-state index in [9.17, 15) is 4.79 Å². The summed E-state index contributed by atoms with van der Waals surface area (Å²) < 4.78 is 7.10. The molecule has 1 atom stereocenters. The molecular formula is C30H38N10O2. The molecule has 0 bridgehead atoms. The van der Waals surface area contributed by atoms with Crippen LogP contribution in [-0.2, 0) is 11.2 Å². The predicted octanol–water partition coefficient (Wildman–Crippen LogP) is 3.82. The van der Waals surface area contributed by atoms with E-state index in [1.54, 1.807) is 24.2 Å². The van der Waals surface area contributed by atoms with Crippen molar-refractivity contribution in [3.05, 3.63) is 77.5 Å². The summed E-state index contributed by atoms with van der Waals surface area (Å²) in [6.07, 6.45) is 5.72. The zero-order chi connectivity index (χ0) is 29.6. The van der Waals surface area contributed by atoms with E-state index in [1.165, 1.54) is 6.33 Å². The number of nitrogens with one attached hydrogen (secondary N) is 3. The fourth-order valence-corrected chi connectivity index (χ4v) is 4.69. The number of nitrogens with zero attached hydrogens (tertiary/aromatic N) is 7. The van der Waals surface area contributed by atoms with Crippen LogP contribution in [0.15, 0.2) is 55.1 Å². The summed E-state index contributed by atoms with van der Waals surface area (Å²) in [5.74, 6) is 1.83. The van der Waals surface area contributed by atoms with Gasteiger partial charge in [0.15, 0.2) is 5.82 Å². The molecule has 0 saturated carbocycles. The maximum Gasteiger partial charge on any atom is 0.255 e. The second-order valence-corrected chi connectivity index (χ2v) is 10.7. The summed E-state index contributed by atoms with van der Waals surface area (Å²) in [5, 5.41) is 13.3. The largest absolute Gasteiger partial charge is 0.381 e. The van der Waals surface area contributed by atoms with Crippen LogP contribution in [0, 0.1) is 13.8 Å². The molecule has 4 heterocycles. The maximum absolute atomic E-state index is 13.2. The second-order valence-electron chi connectivity index (χ2n) is 10.7. The van der Waals surface area contributed by atoms with Gasteiger partial charge in [-0.05, 0) is 63.6 Å². The minimum atomic E-state index is -0.225. The van der Waals surface area contributed by atoms with Gasteiger partial charge in [-0.3, -0.25) is 9.78 Å². The monoisotopic (exact) mass is 570 g/mol. The fraction of sp³-hybridized carbons (Fsp3) is 0.367. The van der Waals surface area contributed by atoms with Gasteiger partial charge in [0.05, 0.1) is 23.7 Å². The van der Waals surface area contributed by atoms with Gasteiger partial charge in [-0.25, -0.2) is 15.0 Å². The average molecular weight is 571 g/mol. The zero-order valence-electron chi connectivity index (χ0n) is 24.8. The summed E-state index contributed by atoms with van der Waals surface area (Å²) in [7, 11) is 3.80. The van der Waals surface area contributed by atoms with Crippen LogP contribution in [-0.4, -0.2) is 87.0 Å². The van der Waals surface area contributed by atoms with Gasteiger partial charge >= 0.3 is 0 Å². The highest BCUT2D eigenvalue weighted by atomic mass is 16.5. The molecule has 0 radical (unpaired) electrons. The number of anilines is 4. The van der Waals surface area contributed by atoms with Crippen molar-refractivity contribution < 1.29 is 9.53 Å². The number of ether oxygens (including phenoxy) is 1. The highest BCUT2D eigenvalue weighted by molar-refractivity contribution is 6.05. The summed E-state index contributed by atoms with van der Waals surface area (Å²) in [6, 6.07) is 11.3. The highest BCUT2D eigenvalue weighted by Gasteiger charge is 2.17. The number of hydrazine groups is 1. The Morgan fingerprint density at radius 3 is 2.64 bits per heavy atom. The predicted molar refractivity (Wildman–Crippen MR) is 163 cm³/mol. The first kappa shape index (κ1) is 29.1. The van der Waals surface area contributed by atoms with Crippen molar-refractivity contribution in [2.75, 3.05) is 56.4 Å². The van der Waals surface area contributed by atoms with Crippen molar-refractivity contribution in [2.45, 2.75) is 33.3 Å². The van der Waals surface area contributed by atoms with Crippen molar-refractivity contribution in [1.29, 1.82) is 0 Å². The molecule has 1 saturated heterocycles.